The molecule has 1 atom stereocenters. The minimum Gasteiger partial charge on any atom is -0.469 e. The van der Waals surface area contributed by atoms with Crippen molar-refractivity contribution in [2.24, 2.45) is 17.1 Å². The van der Waals surface area contributed by atoms with E-state index in [2.05, 4.69) is 4.90 Å². The van der Waals surface area contributed by atoms with Crippen molar-refractivity contribution < 1.29 is 19.1 Å². The summed E-state index contributed by atoms with van der Waals surface area (Å²) in [6, 6.07) is -0.327. The van der Waals surface area contributed by atoms with Gasteiger partial charge in [-0.3, -0.25) is 14.5 Å². The van der Waals surface area contributed by atoms with E-state index in [9.17, 15) is 9.59 Å². The second-order valence-corrected chi connectivity index (χ2v) is 9.77. The first-order valence-electron chi connectivity index (χ1n) is 11.5. The first kappa shape index (κ1) is 21.1. The fraction of sp³-hybridized carbons (Fsp3) is 0.909. The molecule has 3 aliphatic heterocycles. The first-order chi connectivity index (χ1) is 14.0. The van der Waals surface area contributed by atoms with Crippen LogP contribution >= 0.6 is 0 Å². The lowest BCUT2D eigenvalue weighted by Crippen LogP contribution is -2.61. The molecule has 0 radical (unpaired) electrons. The molecule has 5 rings (SSSR count). The Kier molecular flexibility index (Phi) is 6.19. The Balaban J connectivity index is 1.25. The zero-order valence-electron chi connectivity index (χ0n) is 17.9. The largest absolute Gasteiger partial charge is 0.469 e. The third kappa shape index (κ3) is 4.19. The normalized spacial score (nSPS) is 34.8. The van der Waals surface area contributed by atoms with Crippen molar-refractivity contribution in [2.75, 3.05) is 46.4 Å². The maximum absolute atomic E-state index is 12.9. The molecular weight excluding hydrogens is 370 g/mol. The topological polar surface area (TPSA) is 85.1 Å². The van der Waals surface area contributed by atoms with E-state index in [0.29, 0.717) is 12.5 Å². The van der Waals surface area contributed by atoms with Crippen LogP contribution < -0.4 is 5.73 Å². The molecule has 0 aromatic heterocycles. The number of piperazine rings is 1. The minimum absolute atomic E-state index is 0.118. The maximum Gasteiger partial charge on any atom is 0.314 e. The molecule has 5 fully saturated rings. The van der Waals surface area contributed by atoms with Gasteiger partial charge in [-0.25, -0.2) is 0 Å². The molecule has 0 unspecified atom stereocenters. The quantitative estimate of drug-likeness (QED) is 0.696. The van der Waals surface area contributed by atoms with Gasteiger partial charge in [-0.2, -0.15) is 0 Å². The lowest BCUT2D eigenvalue weighted by Gasteiger charge is -2.53. The molecule has 2 N–H and O–H groups in total. The van der Waals surface area contributed by atoms with E-state index in [1.807, 2.05) is 4.90 Å². The Labute approximate surface area is 174 Å². The van der Waals surface area contributed by atoms with Crippen LogP contribution in [-0.2, 0) is 19.1 Å². The van der Waals surface area contributed by atoms with Crippen molar-refractivity contribution >= 4 is 11.9 Å². The molecule has 5 aliphatic rings. The first-order valence-corrected chi connectivity index (χ1v) is 11.5. The number of carbonyl (C=O) groups excluding carboxylic acids is 2. The van der Waals surface area contributed by atoms with Crippen LogP contribution in [0.3, 0.4) is 0 Å². The van der Waals surface area contributed by atoms with Crippen molar-refractivity contribution in [3.05, 3.63) is 0 Å². The van der Waals surface area contributed by atoms with Gasteiger partial charge in [-0.1, -0.05) is 19.3 Å². The number of nitrogens with two attached hydrogens (primary N) is 1. The van der Waals surface area contributed by atoms with Gasteiger partial charge in [-0.15, -0.1) is 0 Å². The van der Waals surface area contributed by atoms with Gasteiger partial charge >= 0.3 is 5.97 Å². The van der Waals surface area contributed by atoms with Crippen molar-refractivity contribution in [3.63, 3.8) is 0 Å². The van der Waals surface area contributed by atoms with Crippen LogP contribution in [0.2, 0.25) is 0 Å². The van der Waals surface area contributed by atoms with Gasteiger partial charge in [0.2, 0.25) is 5.91 Å². The Bertz CT molecular complexity index is 587. The van der Waals surface area contributed by atoms with Crippen LogP contribution in [0.15, 0.2) is 0 Å². The molecule has 7 nitrogen and oxygen atoms in total. The molecule has 1 amide bonds. The number of nitrogens with zero attached hydrogens (tertiary/aromatic N) is 2. The Hall–Kier alpha value is -1.18. The molecule has 29 heavy (non-hydrogen) atoms. The molecule has 3 saturated heterocycles. The Morgan fingerprint density at radius 1 is 1.07 bits per heavy atom. The molecule has 0 aromatic carbocycles. The fourth-order valence-electron chi connectivity index (χ4n) is 5.89. The number of methoxy groups -OCH3 is 1. The monoisotopic (exact) mass is 407 g/mol. The molecule has 2 aliphatic carbocycles. The van der Waals surface area contributed by atoms with Gasteiger partial charge in [0, 0.05) is 32.7 Å². The van der Waals surface area contributed by atoms with Crippen molar-refractivity contribution in [2.45, 2.75) is 69.4 Å². The summed E-state index contributed by atoms with van der Waals surface area (Å²) >= 11 is 0. The third-order valence-corrected chi connectivity index (χ3v) is 8.03. The molecule has 0 spiro atoms. The highest BCUT2D eigenvalue weighted by atomic mass is 16.5. The average molecular weight is 408 g/mol. The third-order valence-electron chi connectivity index (χ3n) is 8.03. The SMILES string of the molecule is COC(=O)C12CCC(CN3CCN(C(=O)[C@@H](N)C4CCCCC4)CC3)(CC1)OC2. The Morgan fingerprint density at radius 2 is 1.72 bits per heavy atom. The number of hydrogen-bond acceptors (Lipinski definition) is 6. The van der Waals surface area contributed by atoms with Crippen LogP contribution in [0.5, 0.6) is 0 Å². The summed E-state index contributed by atoms with van der Waals surface area (Å²) in [7, 11) is 1.47. The molecule has 164 valence electrons. The second kappa shape index (κ2) is 8.52. The van der Waals surface area contributed by atoms with Gasteiger partial charge < -0.3 is 20.1 Å². The minimum atomic E-state index is -0.420. The zero-order valence-corrected chi connectivity index (χ0v) is 17.9. The number of fused-ring (bicyclic) bond motifs is 3. The standard InChI is InChI=1S/C22H37N3O4/c1-28-20(27)21-7-9-22(10-8-21,29-16-21)15-24-11-13-25(14-12-24)19(26)18(23)17-5-3-2-4-6-17/h17-18H,2-16,23H2,1H3/t18-,21?,22?/m0/s1. The number of rotatable bonds is 5. The van der Waals surface area contributed by atoms with E-state index >= 15 is 0 Å². The summed E-state index contributed by atoms with van der Waals surface area (Å²) in [5, 5.41) is 0. The van der Waals surface area contributed by atoms with Crippen LogP contribution in [-0.4, -0.2) is 79.8 Å². The molecule has 7 heteroatoms. The van der Waals surface area contributed by atoms with E-state index in [1.165, 1.54) is 26.4 Å². The summed E-state index contributed by atoms with van der Waals surface area (Å²) in [4.78, 5) is 29.4. The number of ether oxygens (including phenoxy) is 2. The lowest BCUT2D eigenvalue weighted by atomic mass is 9.66. The summed E-state index contributed by atoms with van der Waals surface area (Å²) in [5.41, 5.74) is 5.78. The molecule has 0 aromatic rings. The van der Waals surface area contributed by atoms with Gasteiger partial charge in [0.1, 0.15) is 0 Å². The maximum atomic E-state index is 12.9. The van der Waals surface area contributed by atoms with E-state index in [-0.39, 0.29) is 23.5 Å². The molecule has 2 saturated carbocycles. The average Bonchev–Trinajstić information content (AvgIpc) is 2.79. The van der Waals surface area contributed by atoms with Gasteiger partial charge in [0.25, 0.3) is 0 Å². The number of carbonyl (C=O) groups is 2. The summed E-state index contributed by atoms with van der Waals surface area (Å²) in [6.45, 7) is 4.62. The van der Waals surface area contributed by atoms with Gasteiger partial charge in [0.05, 0.1) is 30.8 Å². The fourth-order valence-corrected chi connectivity index (χ4v) is 5.89. The number of hydrogen-bond donors (Lipinski definition) is 1. The number of esters is 1. The smallest absolute Gasteiger partial charge is 0.314 e. The summed E-state index contributed by atoms with van der Waals surface area (Å²) in [5.74, 6) is 0.387. The number of amides is 1. The summed E-state index contributed by atoms with van der Waals surface area (Å²) < 4.78 is 11.3. The molecular formula is C22H37N3O4. The van der Waals surface area contributed by atoms with Crippen LogP contribution in [0.25, 0.3) is 0 Å². The predicted molar refractivity (Wildman–Crippen MR) is 109 cm³/mol. The zero-order chi connectivity index (χ0) is 20.5. The van der Waals surface area contributed by atoms with E-state index in [0.717, 1.165) is 71.2 Å². The predicted octanol–water partition coefficient (Wildman–Crippen LogP) is 1.54. The highest BCUT2D eigenvalue weighted by Gasteiger charge is 2.54. The van der Waals surface area contributed by atoms with E-state index in [1.54, 1.807) is 0 Å². The Morgan fingerprint density at radius 3 is 2.28 bits per heavy atom. The van der Waals surface area contributed by atoms with Crippen molar-refractivity contribution in [1.82, 2.24) is 9.80 Å². The van der Waals surface area contributed by atoms with E-state index in [4.69, 9.17) is 15.2 Å². The summed E-state index contributed by atoms with van der Waals surface area (Å²) in [6.07, 6.45) is 9.42. The van der Waals surface area contributed by atoms with E-state index < -0.39 is 5.41 Å². The molecule has 3 heterocycles. The second-order valence-electron chi connectivity index (χ2n) is 9.77. The highest BCUT2D eigenvalue weighted by molar-refractivity contribution is 5.82. The highest BCUT2D eigenvalue weighted by Crippen LogP contribution is 2.49. The van der Waals surface area contributed by atoms with Crippen molar-refractivity contribution in [1.29, 1.82) is 0 Å². The van der Waals surface area contributed by atoms with Crippen LogP contribution in [0.1, 0.15) is 57.8 Å². The van der Waals surface area contributed by atoms with Gasteiger partial charge in [-0.05, 0) is 44.4 Å². The van der Waals surface area contributed by atoms with Crippen LogP contribution in [0, 0.1) is 11.3 Å². The molecule has 2 bridgehead atoms. The van der Waals surface area contributed by atoms with Crippen molar-refractivity contribution in [3.8, 4) is 0 Å². The van der Waals surface area contributed by atoms with Gasteiger partial charge in [0.15, 0.2) is 0 Å². The van der Waals surface area contributed by atoms with Crippen LogP contribution in [0.4, 0.5) is 0 Å². The lowest BCUT2D eigenvalue weighted by molar-refractivity contribution is -0.208.